The minimum Gasteiger partial charge on any atom is -0.420 e. The zero-order valence-electron chi connectivity index (χ0n) is 18.5. The van der Waals surface area contributed by atoms with Crippen LogP contribution in [0.1, 0.15) is 39.2 Å². The fourth-order valence-electron chi connectivity index (χ4n) is 2.04. The molecular formula is C21H32F4O6. The number of benzene rings is 1. The Morgan fingerprint density at radius 3 is 1.61 bits per heavy atom. The largest absolute Gasteiger partial charge is 0.420 e. The second-order valence-electron chi connectivity index (χ2n) is 5.88. The Kier molecular flexibility index (Phi) is 16.9. The Morgan fingerprint density at radius 2 is 1.13 bits per heavy atom. The molecule has 0 saturated carbocycles. The molecule has 6 nitrogen and oxygen atoms in total. The predicted octanol–water partition coefficient (Wildman–Crippen LogP) is 4.35. The molecule has 0 aliphatic rings. The van der Waals surface area contributed by atoms with Crippen molar-refractivity contribution in [1.82, 2.24) is 0 Å². The fourth-order valence-corrected chi connectivity index (χ4v) is 2.04. The van der Waals surface area contributed by atoms with Crippen molar-refractivity contribution in [2.45, 2.75) is 40.5 Å². The lowest BCUT2D eigenvalue weighted by molar-refractivity contribution is -0.136. The molecule has 1 aromatic carbocycles. The van der Waals surface area contributed by atoms with Crippen LogP contribution >= 0.6 is 0 Å². The van der Waals surface area contributed by atoms with Gasteiger partial charge in [-0.15, -0.1) is 0 Å². The van der Waals surface area contributed by atoms with Crippen LogP contribution in [0.25, 0.3) is 0 Å². The summed E-state index contributed by atoms with van der Waals surface area (Å²) in [6, 6.07) is 0. The van der Waals surface area contributed by atoms with Crippen LogP contribution in [0.4, 0.5) is 17.6 Å². The topological polar surface area (TPSA) is 63.2 Å². The summed E-state index contributed by atoms with van der Waals surface area (Å²) >= 11 is 0. The summed E-state index contributed by atoms with van der Waals surface area (Å²) in [4.78, 5) is 11.6. The normalized spacial score (nSPS) is 10.6. The van der Waals surface area contributed by atoms with E-state index >= 15 is 0 Å². The zero-order valence-corrected chi connectivity index (χ0v) is 18.5. The van der Waals surface area contributed by atoms with E-state index < -0.39 is 40.6 Å². The van der Waals surface area contributed by atoms with E-state index in [1.54, 1.807) is 0 Å². The van der Waals surface area contributed by atoms with Gasteiger partial charge in [0.15, 0.2) is 17.5 Å². The lowest BCUT2D eigenvalue weighted by atomic mass is 10.2. The minimum atomic E-state index is -1.91. The molecule has 0 aliphatic heterocycles. The van der Waals surface area contributed by atoms with Crippen molar-refractivity contribution < 1.29 is 46.0 Å². The first-order valence-electron chi connectivity index (χ1n) is 10.2. The van der Waals surface area contributed by atoms with E-state index in [1.165, 1.54) is 0 Å². The van der Waals surface area contributed by atoms with Gasteiger partial charge in [-0.3, -0.25) is 4.79 Å². The standard InChI is InChI=1S/C19H26F4O6.C2H6/c1-3-5-25-7-9-27-11-12-28-10-8-26-6-4-14(24)29-19-16(21)13(2)15(20)17(22)18(19)23;1-2/h3-12H2,1-2H3;1-2H3. The first-order chi connectivity index (χ1) is 14.9. The third-order valence-corrected chi connectivity index (χ3v) is 3.57. The van der Waals surface area contributed by atoms with Gasteiger partial charge in [0.2, 0.25) is 11.6 Å². The molecule has 31 heavy (non-hydrogen) atoms. The quantitative estimate of drug-likeness (QED) is 0.0977. The highest BCUT2D eigenvalue weighted by Gasteiger charge is 2.26. The van der Waals surface area contributed by atoms with Crippen LogP contribution in [-0.2, 0) is 23.7 Å². The summed E-state index contributed by atoms with van der Waals surface area (Å²) in [5.41, 5.74) is -0.780. The number of rotatable bonds is 15. The van der Waals surface area contributed by atoms with Crippen molar-refractivity contribution in [3.05, 3.63) is 28.8 Å². The number of esters is 1. The van der Waals surface area contributed by atoms with Gasteiger partial charge in [0.1, 0.15) is 0 Å². The van der Waals surface area contributed by atoms with E-state index in [-0.39, 0.29) is 26.2 Å². The summed E-state index contributed by atoms with van der Waals surface area (Å²) in [5.74, 6) is -9.26. The lowest BCUT2D eigenvalue weighted by Gasteiger charge is -2.10. The summed E-state index contributed by atoms with van der Waals surface area (Å²) < 4.78 is 79.2. The average Bonchev–Trinajstić information content (AvgIpc) is 2.78. The van der Waals surface area contributed by atoms with Crippen LogP contribution in [0.5, 0.6) is 5.75 Å². The Bertz CT molecular complexity index is 614. The predicted molar refractivity (Wildman–Crippen MR) is 106 cm³/mol. The number of hydrogen-bond acceptors (Lipinski definition) is 6. The van der Waals surface area contributed by atoms with E-state index in [0.717, 1.165) is 13.3 Å². The molecule has 0 aliphatic carbocycles. The van der Waals surface area contributed by atoms with Crippen LogP contribution < -0.4 is 4.74 Å². The third-order valence-electron chi connectivity index (χ3n) is 3.57. The van der Waals surface area contributed by atoms with Crippen LogP contribution in [-0.4, -0.2) is 58.8 Å². The zero-order chi connectivity index (χ0) is 23.6. The number of carbonyl (C=O) groups is 1. The maximum atomic E-state index is 13.8. The molecule has 0 spiro atoms. The van der Waals surface area contributed by atoms with Gasteiger partial charge in [-0.2, -0.15) is 4.39 Å². The van der Waals surface area contributed by atoms with Crippen LogP contribution in [0, 0.1) is 30.2 Å². The molecule has 180 valence electrons. The van der Waals surface area contributed by atoms with Crippen molar-refractivity contribution in [3.8, 4) is 5.75 Å². The van der Waals surface area contributed by atoms with Crippen molar-refractivity contribution in [2.24, 2.45) is 0 Å². The Balaban J connectivity index is 0.00000436. The van der Waals surface area contributed by atoms with Crippen molar-refractivity contribution >= 4 is 5.97 Å². The highest BCUT2D eigenvalue weighted by Crippen LogP contribution is 2.29. The van der Waals surface area contributed by atoms with Gasteiger partial charge in [0, 0.05) is 12.2 Å². The summed E-state index contributed by atoms with van der Waals surface area (Å²) in [7, 11) is 0. The first kappa shape index (κ1) is 29.2. The van der Waals surface area contributed by atoms with Crippen molar-refractivity contribution in [3.63, 3.8) is 0 Å². The number of ether oxygens (including phenoxy) is 5. The van der Waals surface area contributed by atoms with E-state index in [9.17, 15) is 22.4 Å². The summed E-state index contributed by atoms with van der Waals surface area (Å²) in [6.07, 6.45) is 0.622. The maximum absolute atomic E-state index is 13.8. The molecule has 0 saturated heterocycles. The Morgan fingerprint density at radius 1 is 0.677 bits per heavy atom. The molecule has 0 heterocycles. The fraction of sp³-hybridized carbons (Fsp3) is 0.667. The summed E-state index contributed by atoms with van der Waals surface area (Å²) in [5, 5.41) is 0. The highest BCUT2D eigenvalue weighted by atomic mass is 19.2. The van der Waals surface area contributed by atoms with Crippen molar-refractivity contribution in [1.29, 1.82) is 0 Å². The molecule has 0 fully saturated rings. The van der Waals surface area contributed by atoms with E-state index in [1.807, 2.05) is 20.8 Å². The number of carbonyl (C=O) groups excluding carboxylic acids is 1. The average molecular weight is 456 g/mol. The lowest BCUT2D eigenvalue weighted by Crippen LogP contribution is -2.16. The Labute approximate surface area is 180 Å². The van der Waals surface area contributed by atoms with Gasteiger partial charge in [0.05, 0.1) is 52.7 Å². The molecule has 0 N–H and O–H groups in total. The summed E-state index contributed by atoms with van der Waals surface area (Å²) in [6.45, 7) is 9.77. The first-order valence-corrected chi connectivity index (χ1v) is 10.2. The SMILES string of the molecule is CC.CCCOCCOCCOCCOCCC(=O)Oc1c(F)c(C)c(F)c(F)c1F. The van der Waals surface area contributed by atoms with Crippen LogP contribution in [0.15, 0.2) is 0 Å². The van der Waals surface area contributed by atoms with Crippen LogP contribution in [0.3, 0.4) is 0 Å². The monoisotopic (exact) mass is 456 g/mol. The second kappa shape index (κ2) is 17.9. The molecule has 0 aromatic heterocycles. The molecule has 1 rings (SSSR count). The highest BCUT2D eigenvalue weighted by molar-refractivity contribution is 5.72. The molecule has 0 atom stereocenters. The maximum Gasteiger partial charge on any atom is 0.313 e. The van der Waals surface area contributed by atoms with E-state index in [2.05, 4.69) is 4.74 Å². The molecule has 1 aromatic rings. The van der Waals surface area contributed by atoms with Crippen LogP contribution in [0.2, 0.25) is 0 Å². The molecule has 0 amide bonds. The second-order valence-corrected chi connectivity index (χ2v) is 5.88. The van der Waals surface area contributed by atoms with Gasteiger partial charge >= 0.3 is 5.97 Å². The third kappa shape index (κ3) is 11.4. The van der Waals surface area contributed by atoms with Gasteiger partial charge in [-0.1, -0.05) is 20.8 Å². The van der Waals surface area contributed by atoms with Gasteiger partial charge in [-0.25, -0.2) is 13.2 Å². The minimum absolute atomic E-state index is 0.0979. The molecule has 0 unspecified atom stereocenters. The van der Waals surface area contributed by atoms with E-state index in [0.29, 0.717) is 33.0 Å². The number of halogens is 4. The molecule has 0 radical (unpaired) electrons. The van der Waals surface area contributed by atoms with Gasteiger partial charge in [0.25, 0.3) is 0 Å². The number of hydrogen-bond donors (Lipinski definition) is 0. The van der Waals surface area contributed by atoms with E-state index in [4.69, 9.17) is 18.9 Å². The molecule has 10 heteroatoms. The van der Waals surface area contributed by atoms with Gasteiger partial charge < -0.3 is 23.7 Å². The smallest absolute Gasteiger partial charge is 0.313 e. The Hall–Kier alpha value is -1.75. The van der Waals surface area contributed by atoms with Crippen molar-refractivity contribution in [2.75, 3.05) is 52.9 Å². The molecule has 0 bridgehead atoms. The molecular weight excluding hydrogens is 424 g/mol. The van der Waals surface area contributed by atoms with Gasteiger partial charge in [-0.05, 0) is 13.3 Å².